The lowest BCUT2D eigenvalue weighted by molar-refractivity contribution is 0.0596. The van der Waals surface area contributed by atoms with Crippen molar-refractivity contribution >= 4 is 35.4 Å². The smallest absolute Gasteiger partial charge is 0.407 e. The summed E-state index contributed by atoms with van der Waals surface area (Å²) in [5.41, 5.74) is 5.82. The topological polar surface area (TPSA) is 77.5 Å². The number of fused-ring (bicyclic) bond motifs is 3. The van der Waals surface area contributed by atoms with Crippen LogP contribution in [0.2, 0.25) is 5.15 Å². The van der Waals surface area contributed by atoms with Crippen LogP contribution in [0.1, 0.15) is 33.0 Å². The third-order valence-corrected chi connectivity index (χ3v) is 7.85. The number of carbonyl (C=O) groups is 2. The number of rotatable bonds is 7. The molecule has 1 heterocycles. The van der Waals surface area contributed by atoms with Gasteiger partial charge in [-0.05, 0) is 46.0 Å². The molecule has 6 nitrogen and oxygen atoms in total. The number of hydrogen-bond acceptors (Lipinski definition) is 6. The third kappa shape index (κ3) is 5.19. The highest BCUT2D eigenvalue weighted by molar-refractivity contribution is 7.99. The number of amides is 1. The fraction of sp³-hybridized carbons (Fsp3) is 0.138. The number of ether oxygens (including phenoxy) is 2. The van der Waals surface area contributed by atoms with Gasteiger partial charge in [-0.15, -0.1) is 0 Å². The SMILES string of the molecule is COC(=O)c1ccccc1Sc1c(CNC(=O)OCC2c3ccccc3-c3ccccc32)ccnc1Cl. The average molecular weight is 531 g/mol. The molecule has 8 heteroatoms. The highest BCUT2D eigenvalue weighted by Gasteiger charge is 2.29. The van der Waals surface area contributed by atoms with Crippen LogP contribution in [0.5, 0.6) is 0 Å². The minimum Gasteiger partial charge on any atom is -0.465 e. The van der Waals surface area contributed by atoms with Crippen molar-refractivity contribution in [2.24, 2.45) is 0 Å². The molecule has 37 heavy (non-hydrogen) atoms. The molecule has 0 spiro atoms. The van der Waals surface area contributed by atoms with Crippen molar-refractivity contribution in [1.29, 1.82) is 0 Å². The Kier molecular flexibility index (Phi) is 7.44. The summed E-state index contributed by atoms with van der Waals surface area (Å²) >= 11 is 7.71. The van der Waals surface area contributed by atoms with Crippen molar-refractivity contribution in [3.8, 4) is 11.1 Å². The first-order chi connectivity index (χ1) is 18.1. The Balaban J connectivity index is 1.27. The lowest BCUT2D eigenvalue weighted by atomic mass is 9.98. The number of carbonyl (C=O) groups excluding carboxylic acids is 2. The molecular weight excluding hydrogens is 508 g/mol. The van der Waals surface area contributed by atoms with Gasteiger partial charge in [0.05, 0.1) is 17.6 Å². The lowest BCUT2D eigenvalue weighted by Gasteiger charge is -2.16. The van der Waals surface area contributed by atoms with E-state index < -0.39 is 12.1 Å². The summed E-state index contributed by atoms with van der Waals surface area (Å²) in [5.74, 6) is -0.462. The largest absolute Gasteiger partial charge is 0.465 e. The molecule has 0 saturated heterocycles. The number of alkyl carbamates (subject to hydrolysis) is 1. The number of nitrogens with one attached hydrogen (secondary N) is 1. The number of pyridine rings is 1. The van der Waals surface area contributed by atoms with E-state index in [0.717, 1.165) is 16.7 Å². The third-order valence-electron chi connectivity index (χ3n) is 6.21. The van der Waals surface area contributed by atoms with E-state index in [2.05, 4.69) is 34.6 Å². The number of benzene rings is 3. The van der Waals surface area contributed by atoms with Crippen molar-refractivity contribution in [3.63, 3.8) is 0 Å². The molecule has 0 aliphatic heterocycles. The number of nitrogens with zero attached hydrogens (tertiary/aromatic N) is 1. The zero-order valence-electron chi connectivity index (χ0n) is 19.9. The fourth-order valence-electron chi connectivity index (χ4n) is 4.47. The van der Waals surface area contributed by atoms with Gasteiger partial charge in [-0.3, -0.25) is 0 Å². The average Bonchev–Trinajstić information content (AvgIpc) is 3.25. The minimum atomic E-state index is -0.527. The van der Waals surface area contributed by atoms with E-state index in [1.54, 1.807) is 24.4 Å². The zero-order valence-corrected chi connectivity index (χ0v) is 21.5. The molecular formula is C29H23ClN2O4S. The van der Waals surface area contributed by atoms with E-state index in [1.807, 2.05) is 36.4 Å². The van der Waals surface area contributed by atoms with Crippen molar-refractivity contribution in [3.05, 3.63) is 112 Å². The minimum absolute atomic E-state index is 0.0190. The van der Waals surface area contributed by atoms with Crippen LogP contribution in [0.15, 0.2) is 94.9 Å². The second-order valence-corrected chi connectivity index (χ2v) is 9.77. The van der Waals surface area contributed by atoms with Gasteiger partial charge >= 0.3 is 12.1 Å². The van der Waals surface area contributed by atoms with E-state index in [9.17, 15) is 9.59 Å². The van der Waals surface area contributed by atoms with E-state index in [1.165, 1.54) is 30.0 Å². The Morgan fingerprint density at radius 1 is 0.946 bits per heavy atom. The molecule has 1 N–H and O–H groups in total. The molecule has 0 fully saturated rings. The van der Waals surface area contributed by atoms with Crippen LogP contribution < -0.4 is 5.32 Å². The summed E-state index contributed by atoms with van der Waals surface area (Å²) in [7, 11) is 1.34. The van der Waals surface area contributed by atoms with E-state index in [0.29, 0.717) is 15.4 Å². The number of hydrogen-bond donors (Lipinski definition) is 1. The molecule has 0 atom stereocenters. The molecule has 5 rings (SSSR count). The van der Waals surface area contributed by atoms with Gasteiger partial charge in [0.25, 0.3) is 0 Å². The van der Waals surface area contributed by atoms with Gasteiger partial charge in [0.1, 0.15) is 11.8 Å². The molecule has 1 aliphatic rings. The van der Waals surface area contributed by atoms with Crippen LogP contribution in [0.4, 0.5) is 4.79 Å². The van der Waals surface area contributed by atoms with Gasteiger partial charge in [-0.25, -0.2) is 14.6 Å². The maximum atomic E-state index is 12.7. The van der Waals surface area contributed by atoms with Crippen LogP contribution in [-0.2, 0) is 16.0 Å². The number of esters is 1. The molecule has 0 bridgehead atoms. The first kappa shape index (κ1) is 24.9. The Morgan fingerprint density at radius 3 is 2.30 bits per heavy atom. The molecule has 0 radical (unpaired) electrons. The van der Waals surface area contributed by atoms with Gasteiger partial charge < -0.3 is 14.8 Å². The maximum absolute atomic E-state index is 12.7. The summed E-state index contributed by atoms with van der Waals surface area (Å²) in [6, 6.07) is 25.3. The quantitative estimate of drug-likeness (QED) is 0.211. The highest BCUT2D eigenvalue weighted by atomic mass is 35.5. The predicted molar refractivity (Wildman–Crippen MR) is 143 cm³/mol. The second-order valence-electron chi connectivity index (χ2n) is 8.36. The first-order valence-electron chi connectivity index (χ1n) is 11.6. The molecule has 1 amide bonds. The Hall–Kier alpha value is -3.81. The molecule has 3 aromatic carbocycles. The molecule has 0 unspecified atom stereocenters. The van der Waals surface area contributed by atoms with E-state index in [4.69, 9.17) is 21.1 Å². The van der Waals surface area contributed by atoms with Crippen molar-refractivity contribution in [2.45, 2.75) is 22.3 Å². The van der Waals surface area contributed by atoms with Crippen LogP contribution in [0, 0.1) is 0 Å². The van der Waals surface area contributed by atoms with Gasteiger partial charge in [0.15, 0.2) is 0 Å². The van der Waals surface area contributed by atoms with Crippen molar-refractivity contribution in [1.82, 2.24) is 10.3 Å². The summed E-state index contributed by atoms with van der Waals surface area (Å²) < 4.78 is 10.5. The molecule has 1 aliphatic carbocycles. The van der Waals surface area contributed by atoms with Gasteiger partial charge in [-0.2, -0.15) is 0 Å². The van der Waals surface area contributed by atoms with Crippen LogP contribution in [-0.4, -0.2) is 30.8 Å². The highest BCUT2D eigenvalue weighted by Crippen LogP contribution is 2.44. The van der Waals surface area contributed by atoms with Crippen molar-refractivity contribution in [2.75, 3.05) is 13.7 Å². The first-order valence-corrected chi connectivity index (χ1v) is 12.8. The monoisotopic (exact) mass is 530 g/mol. The zero-order chi connectivity index (χ0) is 25.8. The molecule has 186 valence electrons. The Labute approximate surface area is 224 Å². The van der Waals surface area contributed by atoms with Crippen LogP contribution in [0.3, 0.4) is 0 Å². The van der Waals surface area contributed by atoms with E-state index >= 15 is 0 Å². The predicted octanol–water partition coefficient (Wildman–Crippen LogP) is 6.71. The standard InChI is InChI=1S/C29H23ClN2O4S/c1-35-28(33)23-12-6-7-13-25(23)37-26-18(14-15-31-27(26)30)16-32-29(34)36-17-24-21-10-4-2-8-19(21)20-9-3-5-11-22(20)24/h2-15,24H,16-17H2,1H3,(H,32,34). The summed E-state index contributed by atoms with van der Waals surface area (Å²) in [5, 5.41) is 3.09. The second kappa shape index (κ2) is 11.1. The fourth-order valence-corrected chi connectivity index (χ4v) is 5.80. The summed E-state index contributed by atoms with van der Waals surface area (Å²) in [6.07, 6.45) is 1.05. The summed E-state index contributed by atoms with van der Waals surface area (Å²) in [4.78, 5) is 30.4. The lowest BCUT2D eigenvalue weighted by Crippen LogP contribution is -2.26. The maximum Gasteiger partial charge on any atom is 0.407 e. The molecule has 4 aromatic rings. The van der Waals surface area contributed by atoms with Crippen molar-refractivity contribution < 1.29 is 19.1 Å². The van der Waals surface area contributed by atoms with Crippen LogP contribution in [0.25, 0.3) is 11.1 Å². The molecule has 0 saturated carbocycles. The normalized spacial score (nSPS) is 11.9. The van der Waals surface area contributed by atoms with Gasteiger partial charge in [0, 0.05) is 23.6 Å². The Morgan fingerprint density at radius 2 is 1.59 bits per heavy atom. The van der Waals surface area contributed by atoms with Gasteiger partial charge in [0.2, 0.25) is 0 Å². The molecule has 1 aromatic heterocycles. The number of aromatic nitrogens is 1. The summed E-state index contributed by atoms with van der Waals surface area (Å²) in [6.45, 7) is 0.409. The Bertz CT molecular complexity index is 1430. The van der Waals surface area contributed by atoms with E-state index in [-0.39, 0.29) is 24.2 Å². The number of halogens is 1. The number of methoxy groups -OCH3 is 1. The van der Waals surface area contributed by atoms with Gasteiger partial charge in [-0.1, -0.05) is 84.0 Å². The van der Waals surface area contributed by atoms with Crippen LogP contribution >= 0.6 is 23.4 Å².